The number of aromatic nitrogens is 3. The SMILES string of the molecule is CN=C(NCc1ccccc1CN1CCC(C)CC1)NCc1nnc2ccccn12.I. The Morgan fingerprint density at radius 2 is 1.71 bits per heavy atom. The molecule has 0 saturated carbocycles. The second-order valence-corrected chi connectivity index (χ2v) is 8.05. The minimum atomic E-state index is 0. The number of piperidine rings is 1. The van der Waals surface area contributed by atoms with Crippen LogP contribution in [0.25, 0.3) is 5.65 Å². The molecule has 4 rings (SSSR count). The topological polar surface area (TPSA) is 69.8 Å². The average molecular weight is 533 g/mol. The molecule has 1 aromatic carbocycles. The van der Waals surface area contributed by atoms with Crippen LogP contribution < -0.4 is 10.6 Å². The summed E-state index contributed by atoms with van der Waals surface area (Å²) in [5.74, 6) is 2.47. The summed E-state index contributed by atoms with van der Waals surface area (Å²) in [6, 6.07) is 14.6. The smallest absolute Gasteiger partial charge is 0.191 e. The molecular formula is C23H32IN7. The van der Waals surface area contributed by atoms with Gasteiger partial charge in [-0.15, -0.1) is 34.2 Å². The molecule has 166 valence electrons. The maximum absolute atomic E-state index is 4.36. The third-order valence-corrected chi connectivity index (χ3v) is 5.86. The number of fused-ring (bicyclic) bond motifs is 1. The van der Waals surface area contributed by atoms with Crippen molar-refractivity contribution in [2.24, 2.45) is 10.9 Å². The predicted molar refractivity (Wildman–Crippen MR) is 136 cm³/mol. The average Bonchev–Trinajstić information content (AvgIpc) is 3.19. The number of likely N-dealkylation sites (tertiary alicyclic amines) is 1. The first-order chi connectivity index (χ1) is 14.7. The fourth-order valence-electron chi connectivity index (χ4n) is 3.92. The number of nitrogens with one attached hydrogen (secondary N) is 2. The van der Waals surface area contributed by atoms with Crippen LogP contribution in [-0.2, 0) is 19.6 Å². The summed E-state index contributed by atoms with van der Waals surface area (Å²) in [7, 11) is 1.79. The van der Waals surface area contributed by atoms with Gasteiger partial charge in [-0.25, -0.2) is 0 Å². The van der Waals surface area contributed by atoms with Gasteiger partial charge in [0.05, 0.1) is 6.54 Å². The molecule has 2 aromatic heterocycles. The molecule has 1 aliphatic rings. The van der Waals surface area contributed by atoms with Crippen molar-refractivity contribution in [2.75, 3.05) is 20.1 Å². The monoisotopic (exact) mass is 533 g/mol. The molecule has 1 fully saturated rings. The van der Waals surface area contributed by atoms with E-state index < -0.39 is 0 Å². The number of aliphatic imine (C=N–C) groups is 1. The van der Waals surface area contributed by atoms with Gasteiger partial charge in [0.1, 0.15) is 0 Å². The lowest BCUT2D eigenvalue weighted by Crippen LogP contribution is -2.37. The van der Waals surface area contributed by atoms with Gasteiger partial charge in [0.25, 0.3) is 0 Å². The van der Waals surface area contributed by atoms with E-state index in [4.69, 9.17) is 0 Å². The van der Waals surface area contributed by atoms with E-state index >= 15 is 0 Å². The highest BCUT2D eigenvalue weighted by Gasteiger charge is 2.16. The number of hydrogen-bond acceptors (Lipinski definition) is 4. The zero-order valence-electron chi connectivity index (χ0n) is 18.3. The normalized spacial score (nSPS) is 15.6. The van der Waals surface area contributed by atoms with Crippen LogP contribution in [-0.4, -0.2) is 45.6 Å². The second-order valence-electron chi connectivity index (χ2n) is 8.05. The lowest BCUT2D eigenvalue weighted by atomic mass is 9.98. The van der Waals surface area contributed by atoms with E-state index in [1.54, 1.807) is 7.05 Å². The van der Waals surface area contributed by atoms with Crippen molar-refractivity contribution >= 4 is 35.6 Å². The highest BCUT2D eigenvalue weighted by atomic mass is 127. The number of benzene rings is 1. The van der Waals surface area contributed by atoms with Crippen molar-refractivity contribution in [1.82, 2.24) is 30.1 Å². The number of pyridine rings is 1. The molecule has 31 heavy (non-hydrogen) atoms. The highest BCUT2D eigenvalue weighted by Crippen LogP contribution is 2.19. The molecule has 1 saturated heterocycles. The van der Waals surface area contributed by atoms with Gasteiger partial charge in [0.2, 0.25) is 0 Å². The highest BCUT2D eigenvalue weighted by molar-refractivity contribution is 14.0. The van der Waals surface area contributed by atoms with Gasteiger partial charge in [-0.1, -0.05) is 37.3 Å². The van der Waals surface area contributed by atoms with Crippen molar-refractivity contribution in [3.63, 3.8) is 0 Å². The zero-order valence-corrected chi connectivity index (χ0v) is 20.6. The quantitative estimate of drug-likeness (QED) is 0.289. The maximum atomic E-state index is 4.36. The molecule has 0 radical (unpaired) electrons. The molecule has 0 unspecified atom stereocenters. The number of nitrogens with zero attached hydrogens (tertiary/aromatic N) is 5. The summed E-state index contributed by atoms with van der Waals surface area (Å²) in [6.07, 6.45) is 4.57. The van der Waals surface area contributed by atoms with Gasteiger partial charge in [0.15, 0.2) is 17.4 Å². The van der Waals surface area contributed by atoms with Crippen LogP contribution in [0.15, 0.2) is 53.7 Å². The van der Waals surface area contributed by atoms with E-state index in [1.807, 2.05) is 28.8 Å². The summed E-state index contributed by atoms with van der Waals surface area (Å²) in [6.45, 7) is 7.05. The number of guanidine groups is 1. The Morgan fingerprint density at radius 3 is 2.48 bits per heavy atom. The Balaban J connectivity index is 0.00000272. The number of halogens is 1. The van der Waals surface area contributed by atoms with Gasteiger partial charge >= 0.3 is 0 Å². The van der Waals surface area contributed by atoms with Gasteiger partial charge in [0, 0.05) is 26.3 Å². The standard InChI is InChI=1S/C23H31N7.HI/c1-18-10-13-29(14-11-18)17-20-8-4-3-7-19(20)15-25-23(24-2)26-16-22-28-27-21-9-5-6-12-30(21)22;/h3-9,12,18H,10-11,13-17H2,1-2H3,(H2,24,25,26);1H. The fraction of sp³-hybridized carbons (Fsp3) is 0.435. The van der Waals surface area contributed by atoms with Gasteiger partial charge in [-0.2, -0.15) is 0 Å². The number of rotatable bonds is 6. The van der Waals surface area contributed by atoms with Gasteiger partial charge < -0.3 is 10.6 Å². The van der Waals surface area contributed by atoms with E-state index in [1.165, 1.54) is 37.1 Å². The van der Waals surface area contributed by atoms with Crippen LogP contribution in [0.5, 0.6) is 0 Å². The van der Waals surface area contributed by atoms with Gasteiger partial charge in [-0.3, -0.25) is 14.3 Å². The van der Waals surface area contributed by atoms with E-state index in [0.29, 0.717) is 6.54 Å². The molecule has 0 spiro atoms. The molecular weight excluding hydrogens is 501 g/mol. The first-order valence-corrected chi connectivity index (χ1v) is 10.7. The first-order valence-electron chi connectivity index (χ1n) is 10.7. The molecule has 0 aliphatic carbocycles. The van der Waals surface area contributed by atoms with Gasteiger partial charge in [-0.05, 0) is 55.1 Å². The minimum Gasteiger partial charge on any atom is -0.352 e. The van der Waals surface area contributed by atoms with Crippen LogP contribution in [0.3, 0.4) is 0 Å². The lowest BCUT2D eigenvalue weighted by Gasteiger charge is -2.30. The second kappa shape index (κ2) is 11.4. The third kappa shape index (κ3) is 6.16. The molecule has 0 bridgehead atoms. The van der Waals surface area contributed by atoms with Crippen molar-refractivity contribution in [3.8, 4) is 0 Å². The molecule has 7 nitrogen and oxygen atoms in total. The fourth-order valence-corrected chi connectivity index (χ4v) is 3.92. The molecule has 2 N–H and O–H groups in total. The Labute approximate surface area is 201 Å². The Bertz CT molecular complexity index is 992. The Morgan fingerprint density at radius 1 is 1.00 bits per heavy atom. The summed E-state index contributed by atoms with van der Waals surface area (Å²) in [5.41, 5.74) is 3.55. The molecule has 8 heteroatoms. The summed E-state index contributed by atoms with van der Waals surface area (Å²) in [5, 5.41) is 15.3. The van der Waals surface area contributed by atoms with Crippen LogP contribution in [0.1, 0.15) is 36.7 Å². The summed E-state index contributed by atoms with van der Waals surface area (Å²) < 4.78 is 1.98. The van der Waals surface area contributed by atoms with E-state index in [-0.39, 0.29) is 24.0 Å². The summed E-state index contributed by atoms with van der Waals surface area (Å²) >= 11 is 0. The first kappa shape index (κ1) is 23.5. The van der Waals surface area contributed by atoms with Crippen molar-refractivity contribution in [3.05, 3.63) is 65.6 Å². The van der Waals surface area contributed by atoms with Crippen molar-refractivity contribution in [1.29, 1.82) is 0 Å². The molecule has 3 heterocycles. The van der Waals surface area contributed by atoms with Crippen LogP contribution in [0.4, 0.5) is 0 Å². The van der Waals surface area contributed by atoms with Crippen molar-refractivity contribution in [2.45, 2.75) is 39.4 Å². The lowest BCUT2D eigenvalue weighted by molar-refractivity contribution is 0.185. The zero-order chi connectivity index (χ0) is 20.8. The van der Waals surface area contributed by atoms with Crippen LogP contribution in [0, 0.1) is 5.92 Å². The van der Waals surface area contributed by atoms with E-state index in [9.17, 15) is 0 Å². The molecule has 3 aromatic rings. The summed E-state index contributed by atoms with van der Waals surface area (Å²) in [4.78, 5) is 6.93. The molecule has 0 atom stereocenters. The number of hydrogen-bond donors (Lipinski definition) is 2. The van der Waals surface area contributed by atoms with Crippen LogP contribution in [0.2, 0.25) is 0 Å². The van der Waals surface area contributed by atoms with E-state index in [2.05, 4.69) is 61.9 Å². The largest absolute Gasteiger partial charge is 0.352 e. The Kier molecular flexibility index (Phi) is 8.65. The maximum Gasteiger partial charge on any atom is 0.191 e. The predicted octanol–water partition coefficient (Wildman–Crippen LogP) is 3.44. The molecule has 0 amide bonds. The minimum absolute atomic E-state index is 0. The van der Waals surface area contributed by atoms with E-state index in [0.717, 1.165) is 36.4 Å². The van der Waals surface area contributed by atoms with Crippen LogP contribution >= 0.6 is 24.0 Å². The Hall–Kier alpha value is -2.20. The van der Waals surface area contributed by atoms with Crippen molar-refractivity contribution < 1.29 is 0 Å². The molecule has 1 aliphatic heterocycles. The third-order valence-electron chi connectivity index (χ3n) is 5.86.